The Morgan fingerprint density at radius 1 is 0.625 bits per heavy atom. The van der Waals surface area contributed by atoms with Crippen molar-refractivity contribution in [2.75, 3.05) is 0 Å². The van der Waals surface area contributed by atoms with Gasteiger partial charge in [-0.25, -0.2) is 8.42 Å². The Hall–Kier alpha value is -2.05. The van der Waals surface area contributed by atoms with Crippen LogP contribution in [0.5, 0.6) is 0 Å². The first-order valence-corrected chi connectivity index (χ1v) is 8.71. The van der Waals surface area contributed by atoms with Crippen LogP contribution in [-0.4, -0.2) is 8.42 Å². The third-order valence-electron chi connectivity index (χ3n) is 3.41. The van der Waals surface area contributed by atoms with Gasteiger partial charge >= 0.3 is 18.9 Å². The van der Waals surface area contributed by atoms with Crippen molar-refractivity contribution in [1.29, 1.82) is 0 Å². The van der Waals surface area contributed by atoms with Crippen LogP contribution >= 0.6 is 0 Å². The van der Waals surface area contributed by atoms with Crippen molar-refractivity contribution in [3.8, 4) is 0 Å². The van der Waals surface area contributed by atoms with Gasteiger partial charge < -0.3 is 0 Å². The molecule has 3 rings (SSSR count). The smallest absolute Gasteiger partial charge is 0.232 e. The maximum absolute atomic E-state index is 12.7. The van der Waals surface area contributed by atoms with Crippen LogP contribution in [-0.2, 0) is 9.84 Å². The van der Waals surface area contributed by atoms with Gasteiger partial charge in [0.1, 0.15) is 0 Å². The molecule has 24 heavy (non-hydrogen) atoms. The van der Waals surface area contributed by atoms with E-state index in [1.165, 1.54) is 0 Å². The van der Waals surface area contributed by atoms with E-state index in [4.69, 9.17) is 0 Å². The molecular weight excluding hydrogens is 311 g/mol. The molecule has 0 saturated carbocycles. The van der Waals surface area contributed by atoms with Crippen LogP contribution in [0.4, 0.5) is 0 Å². The average molecular weight is 326 g/mol. The molecular formula is C20H15LiO2S. The molecule has 0 amide bonds. The van der Waals surface area contributed by atoms with Gasteiger partial charge in [0.05, 0.1) is 4.90 Å². The van der Waals surface area contributed by atoms with Gasteiger partial charge in [-0.3, -0.25) is 0 Å². The van der Waals surface area contributed by atoms with E-state index in [0.29, 0.717) is 5.57 Å². The minimum atomic E-state index is -3.64. The van der Waals surface area contributed by atoms with Crippen LogP contribution in [0.15, 0.2) is 95.9 Å². The number of sulfone groups is 1. The fourth-order valence-corrected chi connectivity index (χ4v) is 3.42. The van der Waals surface area contributed by atoms with Crippen LogP contribution < -0.4 is 18.9 Å². The van der Waals surface area contributed by atoms with E-state index in [9.17, 15) is 8.42 Å². The summed E-state index contributed by atoms with van der Waals surface area (Å²) in [5.41, 5.74) is 2.20. The molecule has 0 bridgehead atoms. The minimum Gasteiger partial charge on any atom is -0.232 e. The second-order valence-corrected chi connectivity index (χ2v) is 6.71. The van der Waals surface area contributed by atoms with Crippen molar-refractivity contribution < 1.29 is 27.3 Å². The predicted molar refractivity (Wildman–Crippen MR) is 92.3 cm³/mol. The first kappa shape index (κ1) is 18.3. The van der Waals surface area contributed by atoms with E-state index in [1.54, 1.807) is 30.3 Å². The molecule has 0 aliphatic carbocycles. The first-order valence-electron chi connectivity index (χ1n) is 7.22. The van der Waals surface area contributed by atoms with E-state index < -0.39 is 9.84 Å². The monoisotopic (exact) mass is 326 g/mol. The summed E-state index contributed by atoms with van der Waals surface area (Å²) in [5, 5.41) is 2.73. The molecule has 0 spiro atoms. The molecule has 0 fully saturated rings. The molecule has 3 aromatic carbocycles. The van der Waals surface area contributed by atoms with Crippen molar-refractivity contribution in [2.45, 2.75) is 4.90 Å². The Bertz CT molecular complexity index is 862. The molecule has 0 aromatic heterocycles. The zero-order chi connectivity index (χ0) is 16.1. The van der Waals surface area contributed by atoms with Crippen LogP contribution in [0.1, 0.15) is 11.1 Å². The van der Waals surface area contributed by atoms with Crippen molar-refractivity contribution in [1.82, 2.24) is 0 Å². The quantitative estimate of drug-likeness (QED) is 0.536. The van der Waals surface area contributed by atoms with Crippen molar-refractivity contribution in [3.05, 3.63) is 108 Å². The van der Waals surface area contributed by atoms with E-state index in [2.05, 4.69) is 5.41 Å². The maximum Gasteiger partial charge on any atom is 1.00 e. The van der Waals surface area contributed by atoms with Crippen molar-refractivity contribution in [2.24, 2.45) is 0 Å². The fraction of sp³-hybridized carbons (Fsp3) is 0. The van der Waals surface area contributed by atoms with Gasteiger partial charge in [0.15, 0.2) is 9.84 Å². The molecule has 3 aromatic rings. The number of hydrogen-bond acceptors (Lipinski definition) is 2. The van der Waals surface area contributed by atoms with Crippen molar-refractivity contribution >= 4 is 15.4 Å². The number of hydrogen-bond donors (Lipinski definition) is 0. The molecule has 2 nitrogen and oxygen atoms in total. The van der Waals surface area contributed by atoms with Crippen LogP contribution in [0.3, 0.4) is 0 Å². The summed E-state index contributed by atoms with van der Waals surface area (Å²) in [6.07, 6.45) is 0. The molecule has 0 N–H and O–H groups in total. The van der Waals surface area contributed by atoms with Gasteiger partial charge in [-0.05, 0) is 12.1 Å². The molecule has 0 saturated heterocycles. The molecule has 4 heteroatoms. The molecule has 0 unspecified atom stereocenters. The normalized spacial score (nSPS) is 10.5. The standard InChI is InChI=1S/C20H15O2S.Li/c21-23(22,19-14-8-3-9-15-19)16-20(17-10-4-1-5-11-17)18-12-6-2-7-13-18;/h1-15H;/q-1;+1. The SMILES string of the molecule is O=S(=O)([C-]=C(c1ccccc1)c1ccccc1)c1ccccc1.[Li+]. The van der Waals surface area contributed by atoms with Gasteiger partial charge in [-0.15, -0.1) is 35.4 Å². The number of benzene rings is 3. The second kappa shape index (κ2) is 8.17. The summed E-state index contributed by atoms with van der Waals surface area (Å²) >= 11 is 0. The topological polar surface area (TPSA) is 34.1 Å². The molecule has 0 aliphatic heterocycles. The largest absolute Gasteiger partial charge is 1.00 e. The second-order valence-electron chi connectivity index (χ2n) is 5.03. The molecule has 114 valence electrons. The van der Waals surface area contributed by atoms with Crippen molar-refractivity contribution in [3.63, 3.8) is 0 Å². The van der Waals surface area contributed by atoms with E-state index in [-0.39, 0.29) is 23.8 Å². The zero-order valence-corrected chi connectivity index (χ0v) is 14.2. The Kier molecular flexibility index (Phi) is 6.22. The molecule has 0 heterocycles. The van der Waals surface area contributed by atoms with Gasteiger partial charge in [0.25, 0.3) is 0 Å². The summed E-state index contributed by atoms with van der Waals surface area (Å²) < 4.78 is 25.3. The Morgan fingerprint density at radius 3 is 1.42 bits per heavy atom. The van der Waals surface area contributed by atoms with Crippen LogP contribution in [0, 0.1) is 5.41 Å². The zero-order valence-electron chi connectivity index (χ0n) is 13.4. The van der Waals surface area contributed by atoms with Gasteiger partial charge in [-0.1, -0.05) is 60.0 Å². The van der Waals surface area contributed by atoms with E-state index >= 15 is 0 Å². The summed E-state index contributed by atoms with van der Waals surface area (Å²) in [6, 6.07) is 27.2. The van der Waals surface area contributed by atoms with Gasteiger partial charge in [-0.2, -0.15) is 5.57 Å². The van der Waals surface area contributed by atoms with Crippen LogP contribution in [0.2, 0.25) is 0 Å². The Labute approximate surface area is 155 Å². The van der Waals surface area contributed by atoms with Gasteiger partial charge in [0, 0.05) is 0 Å². The minimum absolute atomic E-state index is 0. The summed E-state index contributed by atoms with van der Waals surface area (Å²) in [6.45, 7) is 0. The number of rotatable bonds is 4. The molecule has 0 aliphatic rings. The summed E-state index contributed by atoms with van der Waals surface area (Å²) in [4.78, 5) is 0.240. The van der Waals surface area contributed by atoms with E-state index in [0.717, 1.165) is 11.1 Å². The first-order chi connectivity index (χ1) is 11.2. The fourth-order valence-electron chi connectivity index (χ4n) is 2.29. The summed E-state index contributed by atoms with van der Waals surface area (Å²) in [7, 11) is -3.64. The van der Waals surface area contributed by atoms with E-state index in [1.807, 2.05) is 60.7 Å². The average Bonchev–Trinajstić information content (AvgIpc) is 2.62. The Balaban J connectivity index is 0.00000208. The van der Waals surface area contributed by atoms with Crippen LogP contribution in [0.25, 0.3) is 5.57 Å². The summed E-state index contributed by atoms with van der Waals surface area (Å²) in [5.74, 6) is 0. The molecule has 0 radical (unpaired) electrons. The maximum atomic E-state index is 12.7. The molecule has 0 atom stereocenters. The third kappa shape index (κ3) is 4.27. The van der Waals surface area contributed by atoms with Gasteiger partial charge in [0.2, 0.25) is 0 Å². The predicted octanol–water partition coefficient (Wildman–Crippen LogP) is 1.36. The Morgan fingerprint density at radius 2 is 1.00 bits per heavy atom. The third-order valence-corrected chi connectivity index (χ3v) is 4.78.